The molecule has 1 saturated heterocycles. The van der Waals surface area contributed by atoms with Gasteiger partial charge in [-0.3, -0.25) is 9.69 Å². The first-order valence-corrected chi connectivity index (χ1v) is 9.43. The molecule has 6 nitrogen and oxygen atoms in total. The zero-order chi connectivity index (χ0) is 18.1. The Balaban J connectivity index is 1.29. The molecule has 2 aromatic heterocycles. The van der Waals surface area contributed by atoms with E-state index in [4.69, 9.17) is 4.52 Å². The molecule has 0 atom stereocenters. The largest absolute Gasteiger partial charge is 0.339 e. The summed E-state index contributed by atoms with van der Waals surface area (Å²) in [4.78, 5) is 19.8. The van der Waals surface area contributed by atoms with Crippen molar-refractivity contribution in [1.82, 2.24) is 15.0 Å². The number of benzene rings is 1. The fraction of sp³-hybridized carbons (Fsp3) is 0.316. The molecule has 3 heterocycles. The van der Waals surface area contributed by atoms with Gasteiger partial charge >= 0.3 is 0 Å². The van der Waals surface area contributed by atoms with Crippen LogP contribution in [0.2, 0.25) is 0 Å². The smallest absolute Gasteiger partial charge is 0.238 e. The minimum absolute atomic E-state index is 0.000191. The summed E-state index contributed by atoms with van der Waals surface area (Å²) in [6, 6.07) is 9.96. The van der Waals surface area contributed by atoms with Crippen LogP contribution < -0.4 is 5.32 Å². The molecular weight excluding hydrogens is 348 g/mol. The SMILES string of the molecule is Cc1ccc(NC(=O)CN2CC(c3nc(-c4cccs4)no3)C2)c(C)c1. The fourth-order valence-electron chi connectivity index (χ4n) is 3.11. The number of amides is 1. The van der Waals surface area contributed by atoms with Gasteiger partial charge in [0.15, 0.2) is 0 Å². The van der Waals surface area contributed by atoms with Gasteiger partial charge in [-0.05, 0) is 36.9 Å². The molecule has 1 aliphatic rings. The van der Waals surface area contributed by atoms with Gasteiger partial charge < -0.3 is 9.84 Å². The van der Waals surface area contributed by atoms with Gasteiger partial charge in [-0.1, -0.05) is 28.9 Å². The Bertz CT molecular complexity index is 914. The Morgan fingerprint density at radius 1 is 1.35 bits per heavy atom. The van der Waals surface area contributed by atoms with Crippen LogP contribution >= 0.6 is 11.3 Å². The Morgan fingerprint density at radius 2 is 2.19 bits per heavy atom. The summed E-state index contributed by atoms with van der Waals surface area (Å²) in [7, 11) is 0. The summed E-state index contributed by atoms with van der Waals surface area (Å²) in [5, 5.41) is 9.02. The summed E-state index contributed by atoms with van der Waals surface area (Å²) in [6.45, 7) is 5.93. The zero-order valence-corrected chi connectivity index (χ0v) is 15.5. The highest BCUT2D eigenvalue weighted by atomic mass is 32.1. The molecule has 0 radical (unpaired) electrons. The predicted molar refractivity (Wildman–Crippen MR) is 101 cm³/mol. The molecule has 0 spiro atoms. The van der Waals surface area contributed by atoms with Crippen molar-refractivity contribution in [3.63, 3.8) is 0 Å². The lowest BCUT2D eigenvalue weighted by molar-refractivity contribution is -0.118. The molecule has 1 amide bonds. The number of aromatic nitrogens is 2. The van der Waals surface area contributed by atoms with Gasteiger partial charge in [0, 0.05) is 18.8 Å². The van der Waals surface area contributed by atoms with Crippen LogP contribution in [0.25, 0.3) is 10.7 Å². The second-order valence-electron chi connectivity index (χ2n) is 6.69. The number of rotatable bonds is 5. The molecule has 0 saturated carbocycles. The van der Waals surface area contributed by atoms with Crippen LogP contribution in [-0.2, 0) is 4.79 Å². The number of hydrogen-bond donors (Lipinski definition) is 1. The van der Waals surface area contributed by atoms with Crippen molar-refractivity contribution < 1.29 is 9.32 Å². The second-order valence-corrected chi connectivity index (χ2v) is 7.64. The Hall–Kier alpha value is -2.51. The van der Waals surface area contributed by atoms with Gasteiger partial charge in [-0.25, -0.2) is 0 Å². The molecule has 1 fully saturated rings. The van der Waals surface area contributed by atoms with Gasteiger partial charge in [-0.15, -0.1) is 11.3 Å². The topological polar surface area (TPSA) is 71.3 Å². The van der Waals surface area contributed by atoms with Gasteiger partial charge in [0.1, 0.15) is 0 Å². The van der Waals surface area contributed by atoms with Gasteiger partial charge in [0.2, 0.25) is 17.6 Å². The standard InChI is InChI=1S/C19H20N4O2S/c1-12-5-6-15(13(2)8-12)20-17(24)11-23-9-14(10-23)19-21-18(22-25-19)16-4-3-7-26-16/h3-8,14H,9-11H2,1-2H3,(H,20,24). The Labute approximate surface area is 155 Å². The summed E-state index contributed by atoms with van der Waals surface area (Å²) < 4.78 is 5.39. The van der Waals surface area contributed by atoms with E-state index in [2.05, 4.69) is 26.4 Å². The van der Waals surface area contributed by atoms with Gasteiger partial charge in [-0.2, -0.15) is 4.98 Å². The lowest BCUT2D eigenvalue weighted by Gasteiger charge is -2.36. The van der Waals surface area contributed by atoms with Crippen molar-refractivity contribution >= 4 is 22.9 Å². The van der Waals surface area contributed by atoms with Crippen molar-refractivity contribution in [3.8, 4) is 10.7 Å². The minimum atomic E-state index is 0.000191. The Kier molecular flexibility index (Phi) is 4.57. The molecular formula is C19H20N4O2S. The molecule has 3 aromatic rings. The molecule has 1 N–H and O–H groups in total. The molecule has 1 aromatic carbocycles. The third kappa shape index (κ3) is 3.54. The fourth-order valence-corrected chi connectivity index (χ4v) is 3.76. The van der Waals surface area contributed by atoms with E-state index < -0.39 is 0 Å². The number of likely N-dealkylation sites (tertiary alicyclic amines) is 1. The zero-order valence-electron chi connectivity index (χ0n) is 14.7. The number of carbonyl (C=O) groups excluding carboxylic acids is 1. The van der Waals surface area contributed by atoms with E-state index >= 15 is 0 Å². The van der Waals surface area contributed by atoms with Crippen LogP contribution in [0.15, 0.2) is 40.2 Å². The van der Waals surface area contributed by atoms with Crippen LogP contribution in [0.3, 0.4) is 0 Å². The number of aryl methyl sites for hydroxylation is 2. The summed E-state index contributed by atoms with van der Waals surface area (Å²) in [6.07, 6.45) is 0. The number of hydrogen-bond acceptors (Lipinski definition) is 6. The van der Waals surface area contributed by atoms with E-state index in [-0.39, 0.29) is 11.8 Å². The molecule has 134 valence electrons. The number of nitrogens with one attached hydrogen (secondary N) is 1. The highest BCUT2D eigenvalue weighted by Crippen LogP contribution is 2.28. The Morgan fingerprint density at radius 3 is 2.92 bits per heavy atom. The van der Waals surface area contributed by atoms with E-state index in [9.17, 15) is 4.79 Å². The molecule has 4 rings (SSSR count). The molecule has 7 heteroatoms. The van der Waals surface area contributed by atoms with Crippen molar-refractivity contribution in [2.45, 2.75) is 19.8 Å². The minimum Gasteiger partial charge on any atom is -0.339 e. The maximum atomic E-state index is 12.3. The van der Waals surface area contributed by atoms with Crippen LogP contribution in [-0.4, -0.2) is 40.6 Å². The van der Waals surface area contributed by atoms with E-state index in [0.29, 0.717) is 18.3 Å². The van der Waals surface area contributed by atoms with Crippen molar-refractivity contribution in [3.05, 3.63) is 52.7 Å². The second kappa shape index (κ2) is 7.01. The maximum Gasteiger partial charge on any atom is 0.238 e. The van der Waals surface area contributed by atoms with Crippen LogP contribution in [0, 0.1) is 13.8 Å². The van der Waals surface area contributed by atoms with Crippen LogP contribution in [0.5, 0.6) is 0 Å². The molecule has 0 unspecified atom stereocenters. The number of anilines is 1. The van der Waals surface area contributed by atoms with Crippen LogP contribution in [0.1, 0.15) is 22.9 Å². The van der Waals surface area contributed by atoms with Crippen molar-refractivity contribution in [1.29, 1.82) is 0 Å². The van der Waals surface area contributed by atoms with Gasteiger partial charge in [0.25, 0.3) is 0 Å². The maximum absolute atomic E-state index is 12.3. The van der Waals surface area contributed by atoms with E-state index in [0.717, 1.165) is 29.2 Å². The summed E-state index contributed by atoms with van der Waals surface area (Å²) in [5.74, 6) is 1.49. The predicted octanol–water partition coefficient (Wildman–Crippen LogP) is 3.45. The first kappa shape index (κ1) is 16.9. The average Bonchev–Trinajstić information content (AvgIpc) is 3.24. The van der Waals surface area contributed by atoms with Gasteiger partial charge in [0.05, 0.1) is 17.3 Å². The first-order valence-electron chi connectivity index (χ1n) is 8.55. The molecule has 0 bridgehead atoms. The molecule has 0 aliphatic carbocycles. The van der Waals surface area contributed by atoms with E-state index in [1.54, 1.807) is 11.3 Å². The highest BCUT2D eigenvalue weighted by molar-refractivity contribution is 7.13. The lowest BCUT2D eigenvalue weighted by atomic mass is 10.0. The monoisotopic (exact) mass is 368 g/mol. The number of carbonyl (C=O) groups is 1. The van der Waals surface area contributed by atoms with E-state index in [1.807, 2.05) is 43.5 Å². The summed E-state index contributed by atoms with van der Waals surface area (Å²) in [5.41, 5.74) is 3.13. The van der Waals surface area contributed by atoms with Crippen molar-refractivity contribution in [2.24, 2.45) is 0 Å². The number of nitrogens with zero attached hydrogens (tertiary/aromatic N) is 3. The third-order valence-electron chi connectivity index (χ3n) is 4.51. The molecule has 1 aliphatic heterocycles. The summed E-state index contributed by atoms with van der Waals surface area (Å²) >= 11 is 1.59. The lowest BCUT2D eigenvalue weighted by Crippen LogP contribution is -2.48. The quantitative estimate of drug-likeness (QED) is 0.747. The van der Waals surface area contributed by atoms with Crippen molar-refractivity contribution in [2.75, 3.05) is 25.0 Å². The number of thiophene rings is 1. The van der Waals surface area contributed by atoms with E-state index in [1.165, 1.54) is 5.56 Å². The third-order valence-corrected chi connectivity index (χ3v) is 5.38. The first-order chi connectivity index (χ1) is 12.6. The molecule has 26 heavy (non-hydrogen) atoms. The normalized spacial score (nSPS) is 15.0. The van der Waals surface area contributed by atoms with Crippen LogP contribution in [0.4, 0.5) is 5.69 Å². The highest BCUT2D eigenvalue weighted by Gasteiger charge is 2.33. The average molecular weight is 368 g/mol.